The predicted molar refractivity (Wildman–Crippen MR) is 58.5 cm³/mol. The monoisotopic (exact) mass is 214 g/mol. The molecule has 88 valence electrons. The minimum absolute atomic E-state index is 0.0253. The molecule has 0 aromatic heterocycles. The zero-order chi connectivity index (χ0) is 11.9. The Morgan fingerprint density at radius 3 is 2.27 bits per heavy atom. The van der Waals surface area contributed by atoms with Crippen LogP contribution in [0.15, 0.2) is 0 Å². The summed E-state index contributed by atoms with van der Waals surface area (Å²) >= 11 is 0. The van der Waals surface area contributed by atoms with Crippen LogP contribution in [0.3, 0.4) is 0 Å². The van der Waals surface area contributed by atoms with Gasteiger partial charge < -0.3 is 9.47 Å². The molecule has 0 bridgehead atoms. The van der Waals surface area contributed by atoms with E-state index in [1.165, 1.54) is 0 Å². The van der Waals surface area contributed by atoms with Gasteiger partial charge in [-0.05, 0) is 27.7 Å². The fraction of sp³-hybridized carbons (Fsp3) is 0.917. The van der Waals surface area contributed by atoms with Gasteiger partial charge in [-0.2, -0.15) is 0 Å². The van der Waals surface area contributed by atoms with Gasteiger partial charge in [-0.3, -0.25) is 4.79 Å². The van der Waals surface area contributed by atoms with Crippen LogP contribution in [0.1, 0.15) is 41.5 Å². The molecule has 0 aromatic rings. The molecular weight excluding hydrogens is 192 g/mol. The number of hydrogen-bond donors (Lipinski definition) is 0. The van der Waals surface area contributed by atoms with Gasteiger partial charge in [0, 0.05) is 12.0 Å². The third-order valence-electron chi connectivity index (χ3n) is 2.74. The minimum Gasteiger partial charge on any atom is -0.460 e. The molecular formula is C12H22O3. The third kappa shape index (κ3) is 2.71. The van der Waals surface area contributed by atoms with Crippen molar-refractivity contribution >= 4 is 5.97 Å². The summed E-state index contributed by atoms with van der Waals surface area (Å²) in [7, 11) is 0. The lowest BCUT2D eigenvalue weighted by molar-refractivity contribution is -0.158. The summed E-state index contributed by atoms with van der Waals surface area (Å²) in [6.45, 7) is 12.3. The summed E-state index contributed by atoms with van der Waals surface area (Å²) < 4.78 is 10.9. The van der Waals surface area contributed by atoms with E-state index < -0.39 is 5.60 Å². The first-order valence-electron chi connectivity index (χ1n) is 5.54. The van der Waals surface area contributed by atoms with Crippen molar-refractivity contribution < 1.29 is 14.3 Å². The van der Waals surface area contributed by atoms with Crippen LogP contribution in [0.4, 0.5) is 0 Å². The quantitative estimate of drug-likeness (QED) is 0.677. The highest BCUT2D eigenvalue weighted by Crippen LogP contribution is 2.54. The SMILES string of the molecule is CCO[C@@H]1[C@@H](C(=O)OC(C)(C)C)C1(C)C. The Labute approximate surface area is 92.1 Å². The number of ether oxygens (including phenoxy) is 2. The maximum absolute atomic E-state index is 11.8. The smallest absolute Gasteiger partial charge is 0.312 e. The zero-order valence-electron chi connectivity index (χ0n) is 10.6. The highest BCUT2D eigenvalue weighted by atomic mass is 16.6. The molecule has 1 saturated carbocycles. The summed E-state index contributed by atoms with van der Waals surface area (Å²) in [6, 6.07) is 0. The minimum atomic E-state index is -0.410. The number of hydrogen-bond acceptors (Lipinski definition) is 3. The first-order valence-corrected chi connectivity index (χ1v) is 5.54. The van der Waals surface area contributed by atoms with Crippen LogP contribution in [0.25, 0.3) is 0 Å². The number of carbonyl (C=O) groups excluding carboxylic acids is 1. The van der Waals surface area contributed by atoms with E-state index in [2.05, 4.69) is 0 Å². The summed E-state index contributed by atoms with van der Waals surface area (Å²) in [6.07, 6.45) is 0.0253. The fourth-order valence-electron chi connectivity index (χ4n) is 1.87. The van der Waals surface area contributed by atoms with Gasteiger partial charge in [0.2, 0.25) is 0 Å². The van der Waals surface area contributed by atoms with Crippen molar-refractivity contribution in [3.8, 4) is 0 Å². The largest absolute Gasteiger partial charge is 0.460 e. The average molecular weight is 214 g/mol. The Morgan fingerprint density at radius 1 is 1.33 bits per heavy atom. The summed E-state index contributed by atoms with van der Waals surface area (Å²) in [4.78, 5) is 11.8. The van der Waals surface area contributed by atoms with E-state index in [4.69, 9.17) is 9.47 Å². The molecule has 3 heteroatoms. The summed E-state index contributed by atoms with van der Waals surface area (Å²) in [5, 5.41) is 0. The lowest BCUT2D eigenvalue weighted by Gasteiger charge is -2.19. The number of rotatable bonds is 3. The highest BCUT2D eigenvalue weighted by Gasteiger charge is 2.64. The molecule has 0 amide bonds. The molecule has 0 saturated heterocycles. The average Bonchev–Trinajstić information content (AvgIpc) is 2.50. The molecule has 0 spiro atoms. The molecule has 2 atom stereocenters. The molecule has 15 heavy (non-hydrogen) atoms. The van der Waals surface area contributed by atoms with E-state index in [0.29, 0.717) is 6.61 Å². The first kappa shape index (κ1) is 12.5. The molecule has 1 aliphatic carbocycles. The van der Waals surface area contributed by atoms with Crippen molar-refractivity contribution in [1.29, 1.82) is 0 Å². The number of esters is 1. The van der Waals surface area contributed by atoms with Crippen LogP contribution >= 0.6 is 0 Å². The van der Waals surface area contributed by atoms with Gasteiger partial charge in [0.25, 0.3) is 0 Å². The number of carbonyl (C=O) groups is 1. The Balaban J connectivity index is 2.56. The summed E-state index contributed by atoms with van der Waals surface area (Å²) in [5.41, 5.74) is -0.481. The van der Waals surface area contributed by atoms with Gasteiger partial charge in [-0.25, -0.2) is 0 Å². The van der Waals surface area contributed by atoms with Gasteiger partial charge in [-0.15, -0.1) is 0 Å². The van der Waals surface area contributed by atoms with Crippen LogP contribution in [0, 0.1) is 11.3 Å². The topological polar surface area (TPSA) is 35.5 Å². The van der Waals surface area contributed by atoms with Crippen LogP contribution < -0.4 is 0 Å². The van der Waals surface area contributed by atoms with Gasteiger partial charge in [0.15, 0.2) is 0 Å². The second kappa shape index (κ2) is 3.78. The second-order valence-electron chi connectivity index (χ2n) is 5.71. The maximum Gasteiger partial charge on any atom is 0.312 e. The maximum atomic E-state index is 11.8. The molecule has 0 aromatic carbocycles. The molecule has 0 heterocycles. The van der Waals surface area contributed by atoms with Gasteiger partial charge >= 0.3 is 5.97 Å². The summed E-state index contributed by atoms with van der Waals surface area (Å²) in [5.74, 6) is -0.234. The van der Waals surface area contributed by atoms with Crippen molar-refractivity contribution in [2.75, 3.05) is 6.61 Å². The van der Waals surface area contributed by atoms with Crippen molar-refractivity contribution in [2.24, 2.45) is 11.3 Å². The van der Waals surface area contributed by atoms with E-state index in [9.17, 15) is 4.79 Å². The van der Waals surface area contributed by atoms with E-state index in [1.807, 2.05) is 41.5 Å². The molecule has 1 rings (SSSR count). The zero-order valence-corrected chi connectivity index (χ0v) is 10.6. The van der Waals surface area contributed by atoms with Crippen LogP contribution in [-0.4, -0.2) is 24.3 Å². The molecule has 0 radical (unpaired) electrons. The second-order valence-corrected chi connectivity index (χ2v) is 5.71. The van der Waals surface area contributed by atoms with E-state index in [0.717, 1.165) is 0 Å². The Bertz CT molecular complexity index is 250. The highest BCUT2D eigenvalue weighted by molar-refractivity contribution is 5.78. The van der Waals surface area contributed by atoms with Crippen molar-refractivity contribution in [3.05, 3.63) is 0 Å². The lowest BCUT2D eigenvalue weighted by Crippen LogP contribution is -2.26. The normalized spacial score (nSPS) is 28.7. The van der Waals surface area contributed by atoms with E-state index in [1.54, 1.807) is 0 Å². The Hall–Kier alpha value is -0.570. The predicted octanol–water partition coefficient (Wildman–Crippen LogP) is 2.39. The fourth-order valence-corrected chi connectivity index (χ4v) is 1.87. The Morgan fingerprint density at radius 2 is 1.87 bits per heavy atom. The molecule has 1 fully saturated rings. The van der Waals surface area contributed by atoms with Gasteiger partial charge in [0.1, 0.15) is 5.60 Å². The van der Waals surface area contributed by atoms with Crippen molar-refractivity contribution in [3.63, 3.8) is 0 Å². The third-order valence-corrected chi connectivity index (χ3v) is 2.74. The van der Waals surface area contributed by atoms with Crippen LogP contribution in [-0.2, 0) is 14.3 Å². The first-order chi connectivity index (χ1) is 6.70. The standard InChI is InChI=1S/C12H22O3/c1-7-14-9-8(12(9,5)6)10(13)15-11(2,3)4/h8-9H,7H2,1-6H3/t8-,9+/m0/s1. The van der Waals surface area contributed by atoms with Gasteiger partial charge in [-0.1, -0.05) is 13.8 Å². The van der Waals surface area contributed by atoms with Gasteiger partial charge in [0.05, 0.1) is 12.0 Å². The molecule has 0 aliphatic heterocycles. The molecule has 3 nitrogen and oxygen atoms in total. The Kier molecular flexibility index (Phi) is 3.15. The van der Waals surface area contributed by atoms with Crippen molar-refractivity contribution in [1.82, 2.24) is 0 Å². The molecule has 1 aliphatic rings. The van der Waals surface area contributed by atoms with Crippen LogP contribution in [0.2, 0.25) is 0 Å². The van der Waals surface area contributed by atoms with Crippen LogP contribution in [0.5, 0.6) is 0 Å². The lowest BCUT2D eigenvalue weighted by atomic mass is 10.1. The molecule has 0 unspecified atom stereocenters. The van der Waals surface area contributed by atoms with Crippen molar-refractivity contribution in [2.45, 2.75) is 53.2 Å². The van der Waals surface area contributed by atoms with E-state index >= 15 is 0 Å². The van der Waals surface area contributed by atoms with E-state index in [-0.39, 0.29) is 23.4 Å². The molecule has 0 N–H and O–H groups in total.